The first kappa shape index (κ1) is 13.8. The molecule has 3 N–H and O–H groups in total. The van der Waals surface area contributed by atoms with Crippen molar-refractivity contribution in [3.63, 3.8) is 0 Å². The summed E-state index contributed by atoms with van der Waals surface area (Å²) in [5.74, 6) is -0.192. The smallest absolute Gasteiger partial charge is 0.123 e. The molecule has 0 aliphatic rings. The Kier molecular flexibility index (Phi) is 3.75. The van der Waals surface area contributed by atoms with Crippen LogP contribution in [0.4, 0.5) is 15.8 Å². The number of benzene rings is 2. The van der Waals surface area contributed by atoms with Crippen LogP contribution in [0.5, 0.6) is 0 Å². The van der Waals surface area contributed by atoms with Gasteiger partial charge < -0.3 is 11.1 Å². The molecule has 0 spiro atoms. The van der Waals surface area contributed by atoms with Gasteiger partial charge in [0.1, 0.15) is 11.3 Å². The van der Waals surface area contributed by atoms with Crippen LogP contribution in [0.15, 0.2) is 35.8 Å². The molecule has 2 aromatic carbocycles. The van der Waals surface area contributed by atoms with Crippen molar-refractivity contribution in [2.24, 2.45) is 0 Å². The number of nitrogen functional groups attached to an aromatic ring is 1. The summed E-state index contributed by atoms with van der Waals surface area (Å²) in [6, 6.07) is 8.89. The Morgan fingerprint density at radius 2 is 2.14 bits per heavy atom. The van der Waals surface area contributed by atoms with E-state index in [2.05, 4.69) is 10.3 Å². The molecule has 108 valence electrons. The maximum atomic E-state index is 13.1. The van der Waals surface area contributed by atoms with Crippen LogP contribution in [-0.2, 0) is 6.42 Å². The van der Waals surface area contributed by atoms with Crippen molar-refractivity contribution in [2.75, 3.05) is 17.6 Å². The van der Waals surface area contributed by atoms with E-state index < -0.39 is 0 Å². The van der Waals surface area contributed by atoms with Gasteiger partial charge in [-0.15, -0.1) is 11.3 Å². The predicted molar refractivity (Wildman–Crippen MR) is 87.4 cm³/mol. The lowest BCUT2D eigenvalue weighted by molar-refractivity contribution is 0.625. The van der Waals surface area contributed by atoms with Crippen LogP contribution in [0.1, 0.15) is 11.1 Å². The second-order valence-electron chi connectivity index (χ2n) is 4.97. The van der Waals surface area contributed by atoms with Crippen molar-refractivity contribution in [3.05, 3.63) is 52.8 Å². The van der Waals surface area contributed by atoms with Gasteiger partial charge in [-0.1, -0.05) is 6.07 Å². The molecule has 0 saturated carbocycles. The summed E-state index contributed by atoms with van der Waals surface area (Å²) in [5.41, 5.74) is 12.5. The summed E-state index contributed by atoms with van der Waals surface area (Å²) in [7, 11) is 0. The van der Waals surface area contributed by atoms with Gasteiger partial charge >= 0.3 is 0 Å². The van der Waals surface area contributed by atoms with Gasteiger partial charge in [-0.2, -0.15) is 0 Å². The van der Waals surface area contributed by atoms with Crippen LogP contribution in [0.25, 0.3) is 10.2 Å². The van der Waals surface area contributed by atoms with Crippen molar-refractivity contribution in [1.82, 2.24) is 4.98 Å². The van der Waals surface area contributed by atoms with Crippen LogP contribution >= 0.6 is 11.3 Å². The van der Waals surface area contributed by atoms with Crippen LogP contribution in [0, 0.1) is 12.7 Å². The Hall–Kier alpha value is -2.14. The molecule has 0 aliphatic carbocycles. The number of nitrogens with two attached hydrogens (primary N) is 1. The quantitative estimate of drug-likeness (QED) is 0.717. The third kappa shape index (κ3) is 2.83. The number of hydrogen-bond donors (Lipinski definition) is 2. The average Bonchev–Trinajstić information content (AvgIpc) is 2.93. The van der Waals surface area contributed by atoms with Gasteiger partial charge in [0.15, 0.2) is 0 Å². The van der Waals surface area contributed by atoms with Crippen molar-refractivity contribution in [2.45, 2.75) is 13.3 Å². The molecule has 0 aliphatic heterocycles. The first-order valence-corrected chi connectivity index (χ1v) is 7.63. The molecule has 0 bridgehead atoms. The maximum Gasteiger partial charge on any atom is 0.123 e. The zero-order valence-electron chi connectivity index (χ0n) is 11.7. The summed E-state index contributed by atoms with van der Waals surface area (Å²) in [6.45, 7) is 2.67. The van der Waals surface area contributed by atoms with Crippen LogP contribution in [0.3, 0.4) is 0 Å². The second kappa shape index (κ2) is 5.69. The fourth-order valence-corrected chi connectivity index (χ4v) is 3.07. The zero-order valence-corrected chi connectivity index (χ0v) is 12.5. The lowest BCUT2D eigenvalue weighted by Crippen LogP contribution is -2.08. The third-order valence-corrected chi connectivity index (χ3v) is 4.35. The van der Waals surface area contributed by atoms with E-state index in [4.69, 9.17) is 5.73 Å². The number of anilines is 2. The summed E-state index contributed by atoms with van der Waals surface area (Å²) in [6.07, 6.45) is 0.820. The summed E-state index contributed by atoms with van der Waals surface area (Å²) >= 11 is 1.58. The number of nitrogens with zero attached hydrogens (tertiary/aromatic N) is 1. The minimum Gasteiger partial charge on any atom is -0.395 e. The van der Waals surface area contributed by atoms with E-state index in [1.807, 2.05) is 25.1 Å². The Balaban J connectivity index is 1.70. The monoisotopic (exact) mass is 301 g/mol. The van der Waals surface area contributed by atoms with Gasteiger partial charge in [0.25, 0.3) is 0 Å². The second-order valence-corrected chi connectivity index (χ2v) is 5.86. The van der Waals surface area contributed by atoms with E-state index in [0.29, 0.717) is 5.69 Å². The summed E-state index contributed by atoms with van der Waals surface area (Å²) in [4.78, 5) is 4.28. The number of aromatic nitrogens is 1. The molecule has 5 heteroatoms. The maximum absolute atomic E-state index is 13.1. The Labute approximate surface area is 126 Å². The van der Waals surface area contributed by atoms with Gasteiger partial charge in [0.2, 0.25) is 0 Å². The van der Waals surface area contributed by atoms with E-state index in [-0.39, 0.29) is 5.82 Å². The highest BCUT2D eigenvalue weighted by Gasteiger charge is 2.07. The van der Waals surface area contributed by atoms with Crippen molar-refractivity contribution >= 4 is 32.9 Å². The number of nitrogens with one attached hydrogen (secondary N) is 1. The highest BCUT2D eigenvalue weighted by atomic mass is 32.1. The molecular formula is C16H16FN3S. The molecule has 0 fully saturated rings. The minimum absolute atomic E-state index is 0.192. The fraction of sp³-hybridized carbons (Fsp3) is 0.188. The number of fused-ring (bicyclic) bond motifs is 1. The third-order valence-electron chi connectivity index (χ3n) is 3.56. The van der Waals surface area contributed by atoms with Gasteiger partial charge in [-0.3, -0.25) is 0 Å². The van der Waals surface area contributed by atoms with E-state index in [9.17, 15) is 4.39 Å². The molecule has 1 heterocycles. The largest absolute Gasteiger partial charge is 0.395 e. The van der Waals surface area contributed by atoms with Crippen LogP contribution in [-0.4, -0.2) is 11.5 Å². The van der Waals surface area contributed by atoms with Crippen molar-refractivity contribution < 1.29 is 4.39 Å². The molecule has 0 saturated heterocycles. The fourth-order valence-electron chi connectivity index (χ4n) is 2.38. The number of halogens is 1. The average molecular weight is 301 g/mol. The molecule has 0 atom stereocenters. The van der Waals surface area contributed by atoms with E-state index in [1.165, 1.54) is 6.07 Å². The molecule has 0 radical (unpaired) electrons. The van der Waals surface area contributed by atoms with Gasteiger partial charge in [-0.25, -0.2) is 9.37 Å². The number of hydrogen-bond acceptors (Lipinski definition) is 4. The molecule has 0 amide bonds. The minimum atomic E-state index is -0.192. The normalized spacial score (nSPS) is 11.0. The molecule has 1 aromatic heterocycles. The highest BCUT2D eigenvalue weighted by Crippen LogP contribution is 2.29. The zero-order chi connectivity index (χ0) is 14.8. The number of aryl methyl sites for hydroxylation is 1. The SMILES string of the molecule is Cc1cc(F)ccc1CCNc1ccc2scnc2c1N. The number of thiazole rings is 1. The lowest BCUT2D eigenvalue weighted by Gasteiger charge is -2.11. The summed E-state index contributed by atoms with van der Waals surface area (Å²) < 4.78 is 14.2. The highest BCUT2D eigenvalue weighted by molar-refractivity contribution is 7.16. The van der Waals surface area contributed by atoms with Crippen molar-refractivity contribution in [1.29, 1.82) is 0 Å². The molecule has 21 heavy (non-hydrogen) atoms. The number of rotatable bonds is 4. The Bertz CT molecular complexity index is 782. The van der Waals surface area contributed by atoms with E-state index in [1.54, 1.807) is 22.9 Å². The standard InChI is InChI=1S/C16H16FN3S/c1-10-8-12(17)3-2-11(10)6-7-19-13-4-5-14-16(15(13)18)20-9-21-14/h2-5,8-9,19H,6-7,18H2,1H3. The molecular weight excluding hydrogens is 285 g/mol. The van der Waals surface area contributed by atoms with E-state index >= 15 is 0 Å². The van der Waals surface area contributed by atoms with Gasteiger partial charge in [0, 0.05) is 6.54 Å². The van der Waals surface area contributed by atoms with Gasteiger partial charge in [0.05, 0.1) is 21.6 Å². The topological polar surface area (TPSA) is 50.9 Å². The molecule has 0 unspecified atom stereocenters. The molecule has 3 nitrogen and oxygen atoms in total. The molecule has 3 rings (SSSR count). The Morgan fingerprint density at radius 1 is 1.29 bits per heavy atom. The first-order valence-electron chi connectivity index (χ1n) is 6.76. The molecule has 3 aromatic rings. The Morgan fingerprint density at radius 3 is 2.95 bits per heavy atom. The first-order chi connectivity index (χ1) is 10.1. The van der Waals surface area contributed by atoms with Crippen LogP contribution in [0.2, 0.25) is 0 Å². The van der Waals surface area contributed by atoms with E-state index in [0.717, 1.165) is 40.0 Å². The van der Waals surface area contributed by atoms with Gasteiger partial charge in [-0.05, 0) is 48.7 Å². The summed E-state index contributed by atoms with van der Waals surface area (Å²) in [5, 5.41) is 3.33. The van der Waals surface area contributed by atoms with Crippen molar-refractivity contribution in [3.8, 4) is 0 Å². The lowest BCUT2D eigenvalue weighted by atomic mass is 10.1. The van der Waals surface area contributed by atoms with Crippen LogP contribution < -0.4 is 11.1 Å². The predicted octanol–water partition coefficient (Wildman–Crippen LogP) is 3.98.